The van der Waals surface area contributed by atoms with Gasteiger partial charge in [-0.3, -0.25) is 34.2 Å². The number of imide groups is 1. The van der Waals surface area contributed by atoms with Crippen LogP contribution >= 0.6 is 0 Å². The van der Waals surface area contributed by atoms with E-state index in [1.807, 2.05) is 24.3 Å². The fraction of sp³-hybridized carbons (Fsp3) is 0.333. The summed E-state index contributed by atoms with van der Waals surface area (Å²) in [5, 5.41) is 13.6. The SMILES string of the molecule is COc1ccc([N+](=O)[O-])c(NC(=O)COC(=O)CCCCCN2C(=O)[C@@H]3C4c5ccccc5C(c5ccccc54)[C@H]3C2=O)c1. The van der Waals surface area contributed by atoms with Gasteiger partial charge in [0.15, 0.2) is 6.61 Å². The van der Waals surface area contributed by atoms with Crippen LogP contribution in [0.3, 0.4) is 0 Å². The van der Waals surface area contributed by atoms with Crippen molar-refractivity contribution >= 4 is 35.1 Å². The van der Waals surface area contributed by atoms with Gasteiger partial charge >= 0.3 is 5.97 Å². The molecule has 1 saturated heterocycles. The molecule has 2 atom stereocenters. The van der Waals surface area contributed by atoms with Crippen molar-refractivity contribution in [3.05, 3.63) is 99.1 Å². The minimum atomic E-state index is -0.722. The predicted octanol–water partition coefficient (Wildman–Crippen LogP) is 4.54. The molecule has 3 aliphatic carbocycles. The van der Waals surface area contributed by atoms with Crippen LogP contribution in [0.4, 0.5) is 11.4 Å². The quantitative estimate of drug-likeness (QED) is 0.112. The molecule has 3 aromatic rings. The lowest BCUT2D eigenvalue weighted by Gasteiger charge is -2.45. The Morgan fingerprint density at radius 1 is 0.864 bits per heavy atom. The Morgan fingerprint density at radius 2 is 1.43 bits per heavy atom. The molecule has 2 bridgehead atoms. The summed E-state index contributed by atoms with van der Waals surface area (Å²) >= 11 is 0. The molecule has 0 unspecified atom stereocenters. The third kappa shape index (κ3) is 5.08. The molecule has 11 heteroatoms. The maximum atomic E-state index is 13.7. The van der Waals surface area contributed by atoms with Gasteiger partial charge in [0.2, 0.25) is 11.8 Å². The Morgan fingerprint density at radius 3 is 1.95 bits per heavy atom. The molecule has 4 aliphatic rings. The van der Waals surface area contributed by atoms with Crippen molar-refractivity contribution in [2.24, 2.45) is 11.8 Å². The van der Waals surface area contributed by atoms with E-state index in [-0.39, 0.29) is 48.0 Å². The van der Waals surface area contributed by atoms with Crippen molar-refractivity contribution in [3.63, 3.8) is 0 Å². The number of likely N-dealkylation sites (tertiary alicyclic amines) is 1. The zero-order valence-corrected chi connectivity index (χ0v) is 24.1. The second-order valence-corrected chi connectivity index (χ2v) is 11.3. The summed E-state index contributed by atoms with van der Waals surface area (Å²) < 4.78 is 10.1. The first kappa shape index (κ1) is 29.0. The van der Waals surface area contributed by atoms with Gasteiger partial charge in [0.05, 0.1) is 23.9 Å². The monoisotopic (exact) mass is 597 g/mol. The summed E-state index contributed by atoms with van der Waals surface area (Å²) in [4.78, 5) is 63.8. The number of nitrogens with one attached hydrogen (secondary N) is 1. The molecule has 226 valence electrons. The number of nitro benzene ring substituents is 1. The van der Waals surface area contributed by atoms with Gasteiger partial charge in [-0.05, 0) is 41.2 Å². The number of unbranched alkanes of at least 4 members (excludes halogenated alkanes) is 2. The van der Waals surface area contributed by atoms with E-state index in [2.05, 4.69) is 29.6 Å². The number of amides is 3. The molecule has 1 N–H and O–H groups in total. The van der Waals surface area contributed by atoms with Crippen LogP contribution in [0.15, 0.2) is 66.7 Å². The van der Waals surface area contributed by atoms with Gasteiger partial charge in [0.1, 0.15) is 11.4 Å². The zero-order chi connectivity index (χ0) is 31.0. The summed E-state index contributed by atoms with van der Waals surface area (Å²) in [5.41, 5.74) is 4.15. The summed E-state index contributed by atoms with van der Waals surface area (Å²) in [7, 11) is 1.39. The van der Waals surface area contributed by atoms with Crippen LogP contribution in [-0.4, -0.2) is 53.8 Å². The van der Waals surface area contributed by atoms with Gasteiger partial charge in [-0.1, -0.05) is 55.0 Å². The van der Waals surface area contributed by atoms with Gasteiger partial charge in [-0.25, -0.2) is 0 Å². The van der Waals surface area contributed by atoms with E-state index in [0.717, 1.165) is 22.3 Å². The number of rotatable bonds is 11. The fourth-order valence-electron chi connectivity index (χ4n) is 6.98. The average Bonchev–Trinajstić information content (AvgIpc) is 3.28. The lowest BCUT2D eigenvalue weighted by Crippen LogP contribution is -2.41. The van der Waals surface area contributed by atoms with Crippen molar-refractivity contribution in [2.75, 3.05) is 25.6 Å². The standard InChI is InChI=1S/C33H31N3O8/c1-43-19-14-15-25(36(41)42)24(17-19)34-26(37)18-44-27(38)13-3-2-8-16-35-32(39)30-28-20-9-4-5-10-21(20)29(31(30)33(35)40)23-12-7-6-11-22(23)28/h4-7,9-12,14-15,17,28-31H,2-3,8,13,16,18H2,1H3,(H,34,37)/t28?,29?,30-,31-/m1/s1. The van der Waals surface area contributed by atoms with E-state index in [4.69, 9.17) is 9.47 Å². The van der Waals surface area contributed by atoms with E-state index in [9.17, 15) is 29.3 Å². The Hall–Kier alpha value is -5.06. The molecule has 44 heavy (non-hydrogen) atoms. The molecular weight excluding hydrogens is 566 g/mol. The van der Waals surface area contributed by atoms with E-state index in [1.165, 1.54) is 30.2 Å². The molecule has 1 fully saturated rings. The highest BCUT2D eigenvalue weighted by Gasteiger charge is 2.61. The van der Waals surface area contributed by atoms with Crippen molar-refractivity contribution in [1.82, 2.24) is 4.90 Å². The van der Waals surface area contributed by atoms with Crippen molar-refractivity contribution < 1.29 is 33.6 Å². The lowest BCUT2D eigenvalue weighted by molar-refractivity contribution is -0.383. The third-order valence-electron chi connectivity index (χ3n) is 8.84. The average molecular weight is 598 g/mol. The zero-order valence-electron chi connectivity index (χ0n) is 24.1. The van der Waals surface area contributed by atoms with Gasteiger partial charge in [-0.2, -0.15) is 0 Å². The molecule has 11 nitrogen and oxygen atoms in total. The lowest BCUT2D eigenvalue weighted by atomic mass is 9.55. The van der Waals surface area contributed by atoms with Crippen LogP contribution in [0.25, 0.3) is 0 Å². The summed E-state index contributed by atoms with van der Waals surface area (Å²) in [6.45, 7) is -0.312. The molecule has 1 aliphatic heterocycles. The largest absolute Gasteiger partial charge is 0.497 e. The number of nitro groups is 1. The topological polar surface area (TPSA) is 145 Å². The Kier molecular flexibility index (Phi) is 7.86. The van der Waals surface area contributed by atoms with Crippen LogP contribution in [0, 0.1) is 22.0 Å². The third-order valence-corrected chi connectivity index (χ3v) is 8.84. The predicted molar refractivity (Wildman–Crippen MR) is 158 cm³/mol. The van der Waals surface area contributed by atoms with Crippen molar-refractivity contribution in [3.8, 4) is 5.75 Å². The number of nitrogens with zero attached hydrogens (tertiary/aromatic N) is 2. The summed E-state index contributed by atoms with van der Waals surface area (Å²) in [6.07, 6.45) is 1.62. The Balaban J connectivity index is 0.988. The van der Waals surface area contributed by atoms with Crippen LogP contribution in [0.1, 0.15) is 59.8 Å². The first-order chi connectivity index (χ1) is 21.3. The number of anilines is 1. The normalized spacial score (nSPS) is 20.9. The van der Waals surface area contributed by atoms with E-state index >= 15 is 0 Å². The molecule has 0 radical (unpaired) electrons. The molecule has 3 amide bonds. The van der Waals surface area contributed by atoms with Gasteiger partial charge in [-0.15, -0.1) is 0 Å². The molecular formula is C33H31N3O8. The summed E-state index contributed by atoms with van der Waals surface area (Å²) in [5.74, 6) is -2.33. The molecule has 7 rings (SSSR count). The number of benzene rings is 3. The van der Waals surface area contributed by atoms with Crippen LogP contribution < -0.4 is 10.1 Å². The minimum Gasteiger partial charge on any atom is -0.497 e. The Labute approximate surface area is 253 Å². The number of carbonyl (C=O) groups excluding carboxylic acids is 4. The van der Waals surface area contributed by atoms with E-state index in [1.54, 1.807) is 0 Å². The number of esters is 1. The highest BCUT2D eigenvalue weighted by Crippen LogP contribution is 2.60. The van der Waals surface area contributed by atoms with Crippen molar-refractivity contribution in [2.45, 2.75) is 37.5 Å². The number of hydrogen-bond acceptors (Lipinski definition) is 8. The number of hydrogen-bond donors (Lipinski definition) is 1. The summed E-state index contributed by atoms with van der Waals surface area (Å²) in [6, 6.07) is 20.2. The van der Waals surface area contributed by atoms with E-state index in [0.29, 0.717) is 25.0 Å². The number of ether oxygens (including phenoxy) is 2. The first-order valence-electron chi connectivity index (χ1n) is 14.6. The smallest absolute Gasteiger partial charge is 0.306 e. The van der Waals surface area contributed by atoms with Crippen molar-refractivity contribution in [1.29, 1.82) is 0 Å². The van der Waals surface area contributed by atoms with Crippen LogP contribution in [-0.2, 0) is 23.9 Å². The number of carbonyl (C=O) groups is 4. The van der Waals surface area contributed by atoms with E-state index < -0.39 is 35.2 Å². The van der Waals surface area contributed by atoms with Gasteiger partial charge in [0, 0.05) is 36.9 Å². The molecule has 0 saturated carbocycles. The maximum Gasteiger partial charge on any atom is 0.306 e. The fourth-order valence-corrected chi connectivity index (χ4v) is 6.98. The second-order valence-electron chi connectivity index (χ2n) is 11.3. The van der Waals surface area contributed by atoms with Gasteiger partial charge < -0.3 is 14.8 Å². The Bertz CT molecular complexity index is 1550. The highest BCUT2D eigenvalue weighted by atomic mass is 16.6. The molecule has 0 spiro atoms. The van der Waals surface area contributed by atoms with Crippen LogP contribution in [0.2, 0.25) is 0 Å². The number of methoxy groups -OCH3 is 1. The maximum absolute atomic E-state index is 13.7. The molecule has 0 aromatic heterocycles. The molecule has 1 heterocycles. The highest BCUT2D eigenvalue weighted by molar-refractivity contribution is 6.07. The molecule has 3 aromatic carbocycles. The first-order valence-corrected chi connectivity index (χ1v) is 14.6. The second kappa shape index (κ2) is 11.9. The minimum absolute atomic E-state index is 0.0501. The van der Waals surface area contributed by atoms with Gasteiger partial charge in [0.25, 0.3) is 11.6 Å². The van der Waals surface area contributed by atoms with Crippen LogP contribution in [0.5, 0.6) is 5.75 Å².